The summed E-state index contributed by atoms with van der Waals surface area (Å²) in [6.45, 7) is 1.80. The molecule has 7 heteroatoms. The van der Waals surface area contributed by atoms with E-state index in [1.54, 1.807) is 37.3 Å². The van der Waals surface area contributed by atoms with E-state index < -0.39 is 11.9 Å². The van der Waals surface area contributed by atoms with Gasteiger partial charge in [0.25, 0.3) is 5.91 Å². The Morgan fingerprint density at radius 3 is 2.62 bits per heavy atom. The molecule has 0 saturated carbocycles. The second-order valence-electron chi connectivity index (χ2n) is 4.25. The zero-order valence-electron chi connectivity index (χ0n) is 11.6. The molecule has 7 nitrogen and oxygen atoms in total. The number of carbonyl (C=O) groups excluding carboxylic acids is 2. The molecule has 0 saturated heterocycles. The summed E-state index contributed by atoms with van der Waals surface area (Å²) in [7, 11) is 1.32. The summed E-state index contributed by atoms with van der Waals surface area (Å²) in [6.07, 6.45) is 1.47. The Hall–Kier alpha value is -2.96. The lowest BCUT2D eigenvalue weighted by molar-refractivity contribution is 0.0600. The Morgan fingerprint density at radius 2 is 2.05 bits per heavy atom. The first kappa shape index (κ1) is 14.4. The number of benzene rings is 1. The van der Waals surface area contributed by atoms with Gasteiger partial charge in [-0.2, -0.15) is 10.2 Å². The number of hydrazone groups is 1. The minimum atomic E-state index is -0.402. The van der Waals surface area contributed by atoms with Crippen molar-refractivity contribution in [2.24, 2.45) is 5.10 Å². The zero-order valence-corrected chi connectivity index (χ0v) is 11.6. The summed E-state index contributed by atoms with van der Waals surface area (Å²) in [5.74, 6) is -0.803. The fraction of sp³-hybridized carbons (Fsp3) is 0.143. The maximum atomic E-state index is 11.7. The van der Waals surface area contributed by atoms with Gasteiger partial charge in [-0.15, -0.1) is 0 Å². The molecule has 2 N–H and O–H groups in total. The summed E-state index contributed by atoms with van der Waals surface area (Å²) in [5, 5.41) is 10.3. The van der Waals surface area contributed by atoms with E-state index in [9.17, 15) is 9.59 Å². The van der Waals surface area contributed by atoms with Gasteiger partial charge < -0.3 is 4.74 Å². The number of rotatable bonds is 4. The topological polar surface area (TPSA) is 96.4 Å². The van der Waals surface area contributed by atoms with Gasteiger partial charge in [0.15, 0.2) is 5.69 Å². The molecule has 1 amide bonds. The van der Waals surface area contributed by atoms with Gasteiger partial charge in [0.1, 0.15) is 0 Å². The maximum Gasteiger partial charge on any atom is 0.337 e. The average Bonchev–Trinajstić information content (AvgIpc) is 2.94. The molecule has 2 aromatic rings. The Labute approximate surface area is 121 Å². The molecule has 0 aliphatic rings. The van der Waals surface area contributed by atoms with Crippen molar-refractivity contribution in [1.29, 1.82) is 0 Å². The molecule has 0 aliphatic heterocycles. The molecule has 0 atom stereocenters. The number of nitrogens with zero attached hydrogens (tertiary/aromatic N) is 2. The van der Waals surface area contributed by atoms with Gasteiger partial charge in [-0.05, 0) is 30.7 Å². The minimum Gasteiger partial charge on any atom is -0.465 e. The van der Waals surface area contributed by atoms with Crippen molar-refractivity contribution < 1.29 is 14.3 Å². The highest BCUT2D eigenvalue weighted by atomic mass is 16.5. The van der Waals surface area contributed by atoms with Crippen LogP contribution in [0.4, 0.5) is 0 Å². The summed E-state index contributed by atoms with van der Waals surface area (Å²) < 4.78 is 4.60. The number of carbonyl (C=O) groups is 2. The summed E-state index contributed by atoms with van der Waals surface area (Å²) in [5.41, 5.74) is 4.62. The lowest BCUT2D eigenvalue weighted by atomic mass is 10.1. The number of aromatic nitrogens is 2. The van der Waals surface area contributed by atoms with Crippen molar-refractivity contribution in [2.45, 2.75) is 6.92 Å². The fourth-order valence-corrected chi connectivity index (χ4v) is 1.58. The third kappa shape index (κ3) is 3.75. The lowest BCUT2D eigenvalue weighted by Crippen LogP contribution is -2.18. The number of hydrogen-bond acceptors (Lipinski definition) is 5. The molecule has 0 spiro atoms. The SMILES string of the molecule is COC(=O)c1ccc(/C=N\NC(=O)c2cc(C)[nH]n2)cc1. The number of aromatic amines is 1. The van der Waals surface area contributed by atoms with Gasteiger partial charge in [0.2, 0.25) is 0 Å². The summed E-state index contributed by atoms with van der Waals surface area (Å²) in [4.78, 5) is 22.9. The second-order valence-corrected chi connectivity index (χ2v) is 4.25. The van der Waals surface area contributed by atoms with Crippen molar-refractivity contribution in [3.63, 3.8) is 0 Å². The Morgan fingerprint density at radius 1 is 1.33 bits per heavy atom. The highest BCUT2D eigenvalue weighted by Crippen LogP contribution is 2.04. The largest absolute Gasteiger partial charge is 0.465 e. The van der Waals surface area contributed by atoms with Gasteiger partial charge in [-0.25, -0.2) is 10.2 Å². The predicted molar refractivity (Wildman–Crippen MR) is 76.2 cm³/mol. The van der Waals surface area contributed by atoms with E-state index in [1.807, 2.05) is 0 Å². The van der Waals surface area contributed by atoms with E-state index in [1.165, 1.54) is 13.3 Å². The van der Waals surface area contributed by atoms with Crippen LogP contribution in [0.25, 0.3) is 0 Å². The lowest BCUT2D eigenvalue weighted by Gasteiger charge is -1.99. The first-order valence-electron chi connectivity index (χ1n) is 6.14. The van der Waals surface area contributed by atoms with Crippen LogP contribution >= 0.6 is 0 Å². The number of nitrogens with one attached hydrogen (secondary N) is 2. The smallest absolute Gasteiger partial charge is 0.337 e. The molecule has 1 aromatic heterocycles. The van der Waals surface area contributed by atoms with Crippen molar-refractivity contribution in [3.05, 3.63) is 52.8 Å². The van der Waals surface area contributed by atoms with E-state index in [0.717, 1.165) is 11.3 Å². The van der Waals surface area contributed by atoms with Crippen LogP contribution in [0.2, 0.25) is 0 Å². The number of amides is 1. The molecule has 0 unspecified atom stereocenters. The first-order chi connectivity index (χ1) is 10.1. The highest BCUT2D eigenvalue weighted by molar-refractivity contribution is 5.93. The molecule has 2 rings (SSSR count). The number of hydrogen-bond donors (Lipinski definition) is 2. The molecule has 108 valence electrons. The molecular formula is C14H14N4O3. The third-order valence-corrected chi connectivity index (χ3v) is 2.65. The van der Waals surface area contributed by atoms with E-state index in [-0.39, 0.29) is 5.69 Å². The van der Waals surface area contributed by atoms with E-state index in [4.69, 9.17) is 0 Å². The van der Waals surface area contributed by atoms with Crippen molar-refractivity contribution in [1.82, 2.24) is 15.6 Å². The highest BCUT2D eigenvalue weighted by Gasteiger charge is 2.07. The summed E-state index contributed by atoms with van der Waals surface area (Å²) in [6, 6.07) is 8.25. The molecule has 0 radical (unpaired) electrons. The average molecular weight is 286 g/mol. The zero-order chi connectivity index (χ0) is 15.2. The number of ether oxygens (including phenoxy) is 1. The number of esters is 1. The third-order valence-electron chi connectivity index (χ3n) is 2.65. The standard InChI is InChI=1S/C14H14N4O3/c1-9-7-12(17-16-9)13(19)18-15-8-10-3-5-11(6-4-10)14(20)21-2/h3-8H,1-2H3,(H,16,17)(H,18,19)/b15-8-. The molecule has 0 fully saturated rings. The van der Waals surface area contributed by atoms with Gasteiger partial charge in [0, 0.05) is 5.69 Å². The molecule has 1 heterocycles. The van der Waals surface area contributed by atoms with Crippen LogP contribution in [0.3, 0.4) is 0 Å². The minimum absolute atomic E-state index is 0.269. The normalized spacial score (nSPS) is 10.6. The van der Waals surface area contributed by atoms with Gasteiger partial charge in [-0.1, -0.05) is 12.1 Å². The monoisotopic (exact) mass is 286 g/mol. The Bertz CT molecular complexity index is 674. The van der Waals surface area contributed by atoms with Crippen molar-refractivity contribution in [2.75, 3.05) is 7.11 Å². The van der Waals surface area contributed by atoms with E-state index in [2.05, 4.69) is 25.5 Å². The Kier molecular flexibility index (Phi) is 4.45. The number of methoxy groups -OCH3 is 1. The van der Waals surface area contributed by atoms with Crippen molar-refractivity contribution in [3.8, 4) is 0 Å². The molecule has 0 aliphatic carbocycles. The summed E-state index contributed by atoms with van der Waals surface area (Å²) >= 11 is 0. The van der Waals surface area contributed by atoms with Crippen LogP contribution < -0.4 is 5.43 Å². The van der Waals surface area contributed by atoms with Gasteiger partial charge >= 0.3 is 5.97 Å². The van der Waals surface area contributed by atoms with Crippen LogP contribution in [0, 0.1) is 6.92 Å². The van der Waals surface area contributed by atoms with E-state index >= 15 is 0 Å². The molecule has 1 aromatic carbocycles. The molecule has 0 bridgehead atoms. The van der Waals surface area contributed by atoms with Crippen LogP contribution in [-0.2, 0) is 4.74 Å². The van der Waals surface area contributed by atoms with Crippen molar-refractivity contribution >= 4 is 18.1 Å². The van der Waals surface area contributed by atoms with Crippen LogP contribution in [-0.4, -0.2) is 35.4 Å². The predicted octanol–water partition coefficient (Wildman–Crippen LogP) is 1.27. The second kappa shape index (κ2) is 6.47. The first-order valence-corrected chi connectivity index (χ1v) is 6.14. The molecule has 21 heavy (non-hydrogen) atoms. The fourth-order valence-electron chi connectivity index (χ4n) is 1.58. The van der Waals surface area contributed by atoms with E-state index in [0.29, 0.717) is 5.56 Å². The number of H-pyrrole nitrogens is 1. The van der Waals surface area contributed by atoms with Gasteiger partial charge in [0.05, 0.1) is 18.9 Å². The number of aryl methyl sites for hydroxylation is 1. The molecular weight excluding hydrogens is 272 g/mol. The van der Waals surface area contributed by atoms with Gasteiger partial charge in [-0.3, -0.25) is 9.89 Å². The quantitative estimate of drug-likeness (QED) is 0.502. The Balaban J connectivity index is 1.95. The van der Waals surface area contributed by atoms with Crippen LogP contribution in [0.15, 0.2) is 35.4 Å². The van der Waals surface area contributed by atoms with Crippen LogP contribution in [0.1, 0.15) is 32.1 Å². The van der Waals surface area contributed by atoms with Crippen LogP contribution in [0.5, 0.6) is 0 Å². The maximum absolute atomic E-state index is 11.7.